The topological polar surface area (TPSA) is 35.5 Å². The van der Waals surface area contributed by atoms with E-state index >= 15 is 0 Å². The molecular formula is C6H6Cl2O3. The normalized spacial score (nSPS) is 18.0. The largest absolute Gasteiger partial charge is 0.448 e. The Labute approximate surface area is 73.9 Å². The zero-order valence-electron chi connectivity index (χ0n) is 5.55. The molecule has 5 heteroatoms. The van der Waals surface area contributed by atoms with Gasteiger partial charge in [0, 0.05) is 0 Å². The van der Waals surface area contributed by atoms with E-state index in [1.165, 1.54) is 0 Å². The summed E-state index contributed by atoms with van der Waals surface area (Å²) in [6.45, 7) is 0. The molecule has 0 spiro atoms. The van der Waals surface area contributed by atoms with E-state index in [0.717, 1.165) is 0 Å². The molecule has 0 radical (unpaired) electrons. The number of hydrogen-bond acceptors (Lipinski definition) is 3. The summed E-state index contributed by atoms with van der Waals surface area (Å²) in [6, 6.07) is 0. The van der Waals surface area contributed by atoms with E-state index in [1.807, 2.05) is 0 Å². The van der Waals surface area contributed by atoms with Crippen LogP contribution >= 0.6 is 23.2 Å². The molecule has 1 aliphatic rings. The summed E-state index contributed by atoms with van der Waals surface area (Å²) >= 11 is 10.9. The molecule has 0 bridgehead atoms. The Morgan fingerprint density at radius 2 is 1.73 bits per heavy atom. The average molecular weight is 197 g/mol. The lowest BCUT2D eigenvalue weighted by molar-refractivity contribution is -0.130. The van der Waals surface area contributed by atoms with Crippen LogP contribution in [0.3, 0.4) is 0 Å². The van der Waals surface area contributed by atoms with E-state index in [9.17, 15) is 4.79 Å². The standard InChI is InChI=1S/C6H6Cl2O3/c7-1-4-5(2-8)11-6(3-9)10-4/h3,6H,1-2H2. The SMILES string of the molecule is O=CC1OC(CCl)=C(CCl)O1. The Hall–Kier alpha value is -0.410. The Bertz CT molecular complexity index is 174. The predicted molar refractivity (Wildman–Crippen MR) is 40.5 cm³/mol. The summed E-state index contributed by atoms with van der Waals surface area (Å²) in [5.74, 6) is 1.23. The van der Waals surface area contributed by atoms with Crippen molar-refractivity contribution in [3.05, 3.63) is 11.5 Å². The van der Waals surface area contributed by atoms with Gasteiger partial charge in [-0.1, -0.05) is 0 Å². The van der Waals surface area contributed by atoms with Gasteiger partial charge in [-0.3, -0.25) is 4.79 Å². The minimum absolute atomic E-state index is 0.173. The minimum atomic E-state index is -0.863. The fourth-order valence-corrected chi connectivity index (χ4v) is 1.13. The second-order valence-electron chi connectivity index (χ2n) is 1.85. The van der Waals surface area contributed by atoms with Crippen LogP contribution in [0.2, 0.25) is 0 Å². The van der Waals surface area contributed by atoms with E-state index in [-0.39, 0.29) is 11.8 Å². The van der Waals surface area contributed by atoms with Gasteiger partial charge in [-0.2, -0.15) is 0 Å². The number of alkyl halides is 2. The molecule has 0 saturated carbocycles. The molecular weight excluding hydrogens is 191 g/mol. The van der Waals surface area contributed by atoms with Crippen LogP contribution in [-0.2, 0) is 14.3 Å². The predicted octanol–water partition coefficient (Wildman–Crippen LogP) is 1.25. The molecule has 11 heavy (non-hydrogen) atoms. The average Bonchev–Trinajstić information content (AvgIpc) is 2.46. The molecule has 0 N–H and O–H groups in total. The van der Waals surface area contributed by atoms with Gasteiger partial charge in [-0.15, -0.1) is 23.2 Å². The molecule has 0 aromatic rings. The van der Waals surface area contributed by atoms with Crippen LogP contribution in [0.4, 0.5) is 0 Å². The van der Waals surface area contributed by atoms with Crippen molar-refractivity contribution in [2.75, 3.05) is 11.8 Å². The van der Waals surface area contributed by atoms with Gasteiger partial charge in [0.2, 0.25) is 6.29 Å². The molecule has 1 heterocycles. The number of halogens is 2. The number of ether oxygens (including phenoxy) is 2. The molecule has 0 aliphatic carbocycles. The monoisotopic (exact) mass is 196 g/mol. The van der Waals surface area contributed by atoms with Crippen molar-refractivity contribution in [1.29, 1.82) is 0 Å². The van der Waals surface area contributed by atoms with Crippen molar-refractivity contribution in [2.45, 2.75) is 6.29 Å². The number of hydrogen-bond donors (Lipinski definition) is 0. The molecule has 0 unspecified atom stereocenters. The Morgan fingerprint density at radius 3 is 2.00 bits per heavy atom. The van der Waals surface area contributed by atoms with Gasteiger partial charge in [0.1, 0.15) is 0 Å². The minimum Gasteiger partial charge on any atom is -0.448 e. The highest BCUT2D eigenvalue weighted by Crippen LogP contribution is 2.22. The number of carbonyl (C=O) groups excluding carboxylic acids is 1. The van der Waals surface area contributed by atoms with Crippen molar-refractivity contribution in [1.82, 2.24) is 0 Å². The van der Waals surface area contributed by atoms with Crippen LogP contribution in [0, 0.1) is 0 Å². The summed E-state index contributed by atoms with van der Waals surface area (Å²) in [5, 5.41) is 0. The van der Waals surface area contributed by atoms with Gasteiger partial charge in [0.15, 0.2) is 11.5 Å². The first-order chi connectivity index (χ1) is 5.31. The Balaban J connectivity index is 2.63. The summed E-state index contributed by atoms with van der Waals surface area (Å²) in [5.41, 5.74) is 0. The van der Waals surface area contributed by atoms with Crippen LogP contribution in [0.1, 0.15) is 0 Å². The van der Waals surface area contributed by atoms with Crippen molar-refractivity contribution in [3.63, 3.8) is 0 Å². The first kappa shape index (κ1) is 8.68. The molecule has 0 amide bonds. The van der Waals surface area contributed by atoms with Crippen LogP contribution in [0.15, 0.2) is 11.5 Å². The van der Waals surface area contributed by atoms with Crippen LogP contribution < -0.4 is 0 Å². The fraction of sp³-hybridized carbons (Fsp3) is 0.500. The zero-order chi connectivity index (χ0) is 8.27. The molecule has 0 aromatic heterocycles. The second-order valence-corrected chi connectivity index (χ2v) is 2.39. The Kier molecular flexibility index (Phi) is 3.02. The summed E-state index contributed by atoms with van der Waals surface area (Å²) in [7, 11) is 0. The lowest BCUT2D eigenvalue weighted by Gasteiger charge is -2.01. The number of aldehydes is 1. The maximum atomic E-state index is 10.2. The first-order valence-corrected chi connectivity index (χ1v) is 4.01. The van der Waals surface area contributed by atoms with E-state index in [0.29, 0.717) is 17.8 Å². The van der Waals surface area contributed by atoms with Crippen molar-refractivity contribution in [2.24, 2.45) is 0 Å². The number of allylic oxidation sites excluding steroid dienone is 2. The molecule has 0 aromatic carbocycles. The van der Waals surface area contributed by atoms with Crippen LogP contribution in [-0.4, -0.2) is 24.3 Å². The van der Waals surface area contributed by atoms with E-state index in [2.05, 4.69) is 0 Å². The quantitative estimate of drug-likeness (QED) is 0.504. The van der Waals surface area contributed by atoms with Crippen molar-refractivity contribution in [3.8, 4) is 0 Å². The fourth-order valence-electron chi connectivity index (χ4n) is 0.704. The van der Waals surface area contributed by atoms with Gasteiger partial charge in [0.05, 0.1) is 11.8 Å². The second kappa shape index (κ2) is 3.83. The highest BCUT2D eigenvalue weighted by atomic mass is 35.5. The zero-order valence-corrected chi connectivity index (χ0v) is 7.06. The number of rotatable bonds is 3. The van der Waals surface area contributed by atoms with Crippen LogP contribution in [0.25, 0.3) is 0 Å². The van der Waals surface area contributed by atoms with Gasteiger partial charge in [-0.05, 0) is 0 Å². The molecule has 1 aliphatic heterocycles. The lowest BCUT2D eigenvalue weighted by Crippen LogP contribution is -2.10. The maximum absolute atomic E-state index is 10.2. The summed E-state index contributed by atoms with van der Waals surface area (Å²) in [6.07, 6.45) is -0.316. The van der Waals surface area contributed by atoms with E-state index < -0.39 is 6.29 Å². The van der Waals surface area contributed by atoms with Gasteiger partial charge in [-0.25, -0.2) is 0 Å². The molecule has 0 saturated heterocycles. The third kappa shape index (κ3) is 1.79. The van der Waals surface area contributed by atoms with Crippen LogP contribution in [0.5, 0.6) is 0 Å². The summed E-state index contributed by atoms with van der Waals surface area (Å²) < 4.78 is 9.87. The first-order valence-electron chi connectivity index (χ1n) is 2.94. The van der Waals surface area contributed by atoms with Gasteiger partial charge >= 0.3 is 0 Å². The highest BCUT2D eigenvalue weighted by Gasteiger charge is 2.24. The molecule has 0 atom stereocenters. The van der Waals surface area contributed by atoms with Crippen molar-refractivity contribution >= 4 is 29.5 Å². The highest BCUT2D eigenvalue weighted by molar-refractivity contribution is 6.20. The lowest BCUT2D eigenvalue weighted by atomic mass is 10.5. The third-order valence-electron chi connectivity index (χ3n) is 1.18. The molecule has 3 nitrogen and oxygen atoms in total. The molecule has 0 fully saturated rings. The smallest absolute Gasteiger partial charge is 0.297 e. The maximum Gasteiger partial charge on any atom is 0.297 e. The van der Waals surface area contributed by atoms with Gasteiger partial charge < -0.3 is 9.47 Å². The summed E-state index contributed by atoms with van der Waals surface area (Å²) in [4.78, 5) is 10.2. The Morgan fingerprint density at radius 1 is 1.27 bits per heavy atom. The molecule has 62 valence electrons. The molecule has 1 rings (SSSR count). The van der Waals surface area contributed by atoms with E-state index in [4.69, 9.17) is 32.7 Å². The number of carbonyl (C=O) groups is 1. The van der Waals surface area contributed by atoms with E-state index in [1.54, 1.807) is 0 Å². The van der Waals surface area contributed by atoms with Crippen molar-refractivity contribution < 1.29 is 14.3 Å². The third-order valence-corrected chi connectivity index (χ3v) is 1.67. The van der Waals surface area contributed by atoms with Gasteiger partial charge in [0.25, 0.3) is 6.29 Å².